The van der Waals surface area contributed by atoms with Gasteiger partial charge >= 0.3 is 0 Å². The molecule has 0 amide bonds. The molecule has 0 aromatic heterocycles. The smallest absolute Gasteiger partial charge is 0.0939 e. The molecule has 0 saturated carbocycles. The molecule has 1 aliphatic rings. The maximum Gasteiger partial charge on any atom is 0.0939 e. The summed E-state index contributed by atoms with van der Waals surface area (Å²) in [4.78, 5) is 4.07. The molecule has 0 aliphatic carbocycles. The highest BCUT2D eigenvalue weighted by molar-refractivity contribution is 5.80. The fraction of sp³-hybridized carbons (Fsp3) is 0.833. The molecular formula is C6H12N2. The molecule has 0 aromatic rings. The lowest BCUT2D eigenvalue weighted by molar-refractivity contribution is 0.538. The van der Waals surface area contributed by atoms with E-state index >= 15 is 0 Å². The molecule has 2 nitrogen and oxygen atoms in total. The van der Waals surface area contributed by atoms with Gasteiger partial charge in [-0.2, -0.15) is 0 Å². The fourth-order valence-corrected chi connectivity index (χ4v) is 0.952. The molecule has 0 spiro atoms. The standard InChI is InChI=1S/C6H12N2/c1-5-2-3-8-6(7)4-5/h5H,2-4H2,1H3,(H2,7,8)/t5-/m0/s1. The van der Waals surface area contributed by atoms with Gasteiger partial charge in [-0.15, -0.1) is 0 Å². The molecule has 0 saturated heterocycles. The van der Waals surface area contributed by atoms with Gasteiger partial charge in [0, 0.05) is 13.0 Å². The van der Waals surface area contributed by atoms with E-state index in [9.17, 15) is 0 Å². The van der Waals surface area contributed by atoms with E-state index in [0.29, 0.717) is 0 Å². The van der Waals surface area contributed by atoms with Gasteiger partial charge in [-0.25, -0.2) is 0 Å². The Morgan fingerprint density at radius 1 is 1.75 bits per heavy atom. The zero-order valence-corrected chi connectivity index (χ0v) is 5.22. The van der Waals surface area contributed by atoms with E-state index < -0.39 is 0 Å². The van der Waals surface area contributed by atoms with Crippen LogP contribution in [0.5, 0.6) is 0 Å². The summed E-state index contributed by atoms with van der Waals surface area (Å²) in [6, 6.07) is 0. The van der Waals surface area contributed by atoms with Crippen molar-refractivity contribution in [2.45, 2.75) is 19.8 Å². The summed E-state index contributed by atoms with van der Waals surface area (Å²) in [7, 11) is 0. The molecule has 0 aromatic carbocycles. The third-order valence-corrected chi connectivity index (χ3v) is 1.49. The van der Waals surface area contributed by atoms with Crippen molar-refractivity contribution in [1.82, 2.24) is 0 Å². The lowest BCUT2D eigenvalue weighted by Gasteiger charge is -2.13. The Morgan fingerprint density at radius 3 is 2.88 bits per heavy atom. The van der Waals surface area contributed by atoms with E-state index in [0.717, 1.165) is 24.7 Å². The van der Waals surface area contributed by atoms with Crippen LogP contribution < -0.4 is 5.73 Å². The van der Waals surface area contributed by atoms with E-state index in [-0.39, 0.29) is 0 Å². The van der Waals surface area contributed by atoms with Gasteiger partial charge in [0.1, 0.15) is 0 Å². The van der Waals surface area contributed by atoms with Crippen molar-refractivity contribution >= 4 is 5.84 Å². The largest absolute Gasteiger partial charge is 0.387 e. The van der Waals surface area contributed by atoms with Gasteiger partial charge in [-0.3, -0.25) is 4.99 Å². The van der Waals surface area contributed by atoms with Gasteiger partial charge in [-0.05, 0) is 12.3 Å². The molecule has 1 aliphatic heterocycles. The monoisotopic (exact) mass is 112 g/mol. The molecule has 0 fully saturated rings. The van der Waals surface area contributed by atoms with Crippen molar-refractivity contribution in [2.24, 2.45) is 16.6 Å². The number of nitrogens with two attached hydrogens (primary N) is 1. The quantitative estimate of drug-likeness (QED) is 0.494. The Hall–Kier alpha value is -0.530. The molecule has 0 bridgehead atoms. The van der Waals surface area contributed by atoms with Gasteiger partial charge in [0.25, 0.3) is 0 Å². The van der Waals surface area contributed by atoms with E-state index in [1.165, 1.54) is 6.42 Å². The summed E-state index contributed by atoms with van der Waals surface area (Å²) in [5.74, 6) is 1.59. The second kappa shape index (κ2) is 2.16. The van der Waals surface area contributed by atoms with Crippen molar-refractivity contribution in [1.29, 1.82) is 0 Å². The maximum atomic E-state index is 5.48. The van der Waals surface area contributed by atoms with E-state index in [1.807, 2.05) is 0 Å². The predicted molar refractivity (Wildman–Crippen MR) is 34.9 cm³/mol. The first-order chi connectivity index (χ1) is 3.79. The topological polar surface area (TPSA) is 38.4 Å². The summed E-state index contributed by atoms with van der Waals surface area (Å²) < 4.78 is 0. The van der Waals surface area contributed by atoms with Crippen LogP contribution in [-0.2, 0) is 0 Å². The fourth-order valence-electron chi connectivity index (χ4n) is 0.952. The van der Waals surface area contributed by atoms with Crippen LogP contribution in [0.1, 0.15) is 19.8 Å². The average Bonchev–Trinajstić information content (AvgIpc) is 1.64. The average molecular weight is 112 g/mol. The van der Waals surface area contributed by atoms with Crippen LogP contribution in [0.2, 0.25) is 0 Å². The molecule has 2 N–H and O–H groups in total. The summed E-state index contributed by atoms with van der Waals surface area (Å²) in [5.41, 5.74) is 5.48. The van der Waals surface area contributed by atoms with Gasteiger partial charge in [0.15, 0.2) is 0 Å². The number of nitrogens with zero attached hydrogens (tertiary/aromatic N) is 1. The summed E-state index contributed by atoms with van der Waals surface area (Å²) >= 11 is 0. The molecule has 1 atom stereocenters. The number of hydrogen-bond donors (Lipinski definition) is 1. The number of aliphatic imine (C=N–C) groups is 1. The number of rotatable bonds is 0. The van der Waals surface area contributed by atoms with E-state index in [4.69, 9.17) is 5.73 Å². The second-order valence-electron chi connectivity index (χ2n) is 2.47. The molecule has 1 heterocycles. The Morgan fingerprint density at radius 2 is 2.50 bits per heavy atom. The van der Waals surface area contributed by atoms with Crippen LogP contribution in [0.4, 0.5) is 0 Å². The minimum atomic E-state index is 0.757. The van der Waals surface area contributed by atoms with Crippen molar-refractivity contribution in [2.75, 3.05) is 6.54 Å². The lowest BCUT2D eigenvalue weighted by Crippen LogP contribution is -2.20. The van der Waals surface area contributed by atoms with Crippen LogP contribution >= 0.6 is 0 Å². The molecule has 8 heavy (non-hydrogen) atoms. The van der Waals surface area contributed by atoms with Gasteiger partial charge in [0.2, 0.25) is 0 Å². The van der Waals surface area contributed by atoms with Crippen LogP contribution in [0, 0.1) is 5.92 Å². The van der Waals surface area contributed by atoms with Crippen LogP contribution in [0.3, 0.4) is 0 Å². The Bertz CT molecular complexity index is 107. The third-order valence-electron chi connectivity index (χ3n) is 1.49. The third kappa shape index (κ3) is 1.22. The van der Waals surface area contributed by atoms with E-state index in [2.05, 4.69) is 11.9 Å². The Labute approximate surface area is 49.8 Å². The minimum absolute atomic E-state index is 0.757. The maximum absolute atomic E-state index is 5.48. The first kappa shape index (κ1) is 5.60. The zero-order valence-electron chi connectivity index (χ0n) is 5.22. The van der Waals surface area contributed by atoms with E-state index in [1.54, 1.807) is 0 Å². The second-order valence-corrected chi connectivity index (χ2v) is 2.47. The Kier molecular flexibility index (Phi) is 1.51. The van der Waals surface area contributed by atoms with Gasteiger partial charge in [-0.1, -0.05) is 6.92 Å². The lowest BCUT2D eigenvalue weighted by atomic mass is 10.0. The van der Waals surface area contributed by atoms with Gasteiger partial charge < -0.3 is 5.73 Å². The predicted octanol–water partition coefficient (Wildman–Crippen LogP) is 0.774. The highest BCUT2D eigenvalue weighted by Crippen LogP contribution is 2.11. The number of hydrogen-bond acceptors (Lipinski definition) is 2. The van der Waals surface area contributed by atoms with Crippen molar-refractivity contribution < 1.29 is 0 Å². The summed E-state index contributed by atoms with van der Waals surface area (Å²) in [6.07, 6.45) is 2.21. The van der Waals surface area contributed by atoms with Crippen molar-refractivity contribution in [3.05, 3.63) is 0 Å². The molecular weight excluding hydrogens is 100 g/mol. The summed E-state index contributed by atoms with van der Waals surface area (Å²) in [6.45, 7) is 3.15. The highest BCUT2D eigenvalue weighted by Gasteiger charge is 2.07. The molecule has 0 radical (unpaired) electrons. The normalized spacial score (nSPS) is 29.6. The minimum Gasteiger partial charge on any atom is -0.387 e. The van der Waals surface area contributed by atoms with Crippen molar-refractivity contribution in [3.63, 3.8) is 0 Å². The molecule has 46 valence electrons. The van der Waals surface area contributed by atoms with Crippen molar-refractivity contribution in [3.8, 4) is 0 Å². The Balaban J connectivity index is 2.45. The van der Waals surface area contributed by atoms with Crippen LogP contribution in [0.25, 0.3) is 0 Å². The summed E-state index contributed by atoms with van der Waals surface area (Å²) in [5, 5.41) is 0. The first-order valence-corrected chi connectivity index (χ1v) is 3.08. The first-order valence-electron chi connectivity index (χ1n) is 3.08. The molecule has 2 heteroatoms. The highest BCUT2D eigenvalue weighted by atomic mass is 14.9. The van der Waals surface area contributed by atoms with Gasteiger partial charge in [0.05, 0.1) is 5.84 Å². The SMILES string of the molecule is C[C@H]1CCN=C(N)C1. The molecule has 0 unspecified atom stereocenters. The van der Waals surface area contributed by atoms with Crippen LogP contribution in [0.15, 0.2) is 4.99 Å². The van der Waals surface area contributed by atoms with Crippen LogP contribution in [-0.4, -0.2) is 12.4 Å². The zero-order chi connectivity index (χ0) is 5.98. The molecule has 1 rings (SSSR count). The number of amidine groups is 1.